The summed E-state index contributed by atoms with van der Waals surface area (Å²) in [6, 6.07) is 6.33. The molecule has 112 valence electrons. The Labute approximate surface area is 128 Å². The second-order valence-electron chi connectivity index (χ2n) is 4.43. The van der Waals surface area contributed by atoms with Crippen LogP contribution in [0.15, 0.2) is 33.5 Å². The van der Waals surface area contributed by atoms with E-state index in [1.165, 1.54) is 20.1 Å². The third kappa shape index (κ3) is 4.06. The van der Waals surface area contributed by atoms with Crippen LogP contribution in [0.5, 0.6) is 0 Å². The molecule has 0 amide bonds. The molecule has 2 aromatic rings. The topological polar surface area (TPSA) is 85.7 Å². The van der Waals surface area contributed by atoms with Crippen molar-refractivity contribution in [3.05, 3.63) is 45.8 Å². The second kappa shape index (κ2) is 6.74. The molecule has 1 heterocycles. The Morgan fingerprint density at radius 1 is 1.43 bits per heavy atom. The monoisotopic (exact) mass is 309 g/mol. The third-order valence-electron chi connectivity index (χ3n) is 2.82. The van der Waals surface area contributed by atoms with Crippen molar-refractivity contribution in [1.82, 2.24) is 0 Å². The zero-order chi connectivity index (χ0) is 14.8. The third-order valence-corrected chi connectivity index (χ3v) is 2.82. The number of aliphatic hydroxyl groups is 1. The molecule has 1 atom stereocenters. The Balaban J connectivity index is 0.00000220. The number of ether oxygens (including phenoxy) is 1. The molecule has 2 rings (SSSR count). The Morgan fingerprint density at radius 3 is 2.76 bits per heavy atom. The van der Waals surface area contributed by atoms with Crippen LogP contribution in [0.1, 0.15) is 18.2 Å². The summed E-state index contributed by atoms with van der Waals surface area (Å²) in [4.78, 5) is 11.9. The molecule has 0 radical (unpaired) electrons. The summed E-state index contributed by atoms with van der Waals surface area (Å²) >= 11 is 0. The molecule has 5 nitrogen and oxygen atoms in total. The van der Waals surface area contributed by atoms with E-state index in [1.807, 2.05) is 0 Å². The predicted molar refractivity (Wildman–Crippen MR) is 82.1 cm³/mol. The number of nitrogens with two attached hydrogens (primary N) is 1. The normalized spacial score (nSPS) is 13.0. The molecule has 0 saturated carbocycles. The van der Waals surface area contributed by atoms with Crippen LogP contribution in [-0.4, -0.2) is 18.0 Å². The van der Waals surface area contributed by atoms with Gasteiger partial charge in [-0.1, -0.05) is 5.92 Å². The van der Waals surface area contributed by atoms with E-state index in [2.05, 4.69) is 11.8 Å². The van der Waals surface area contributed by atoms with Crippen molar-refractivity contribution in [2.75, 3.05) is 7.11 Å². The first-order valence-corrected chi connectivity index (χ1v) is 6.03. The molecule has 0 bridgehead atoms. The number of methoxy groups -OCH3 is 1. The van der Waals surface area contributed by atoms with E-state index in [4.69, 9.17) is 14.9 Å². The SMILES string of the molecule is COC(C)(O)C#Cc1ccc2oc(CN)cc(=O)c2c1.Cl. The van der Waals surface area contributed by atoms with Crippen LogP contribution in [0, 0.1) is 11.8 Å². The lowest BCUT2D eigenvalue weighted by molar-refractivity contribution is -0.122. The molecule has 0 aliphatic rings. The standard InChI is InChI=1S/C15H15NO4.ClH/c1-15(18,19-2)6-5-10-3-4-14-12(7-10)13(17)8-11(9-16)20-14;/h3-4,7-8,18H,9,16H2,1-2H3;1H. The second-order valence-corrected chi connectivity index (χ2v) is 4.43. The number of fused-ring (bicyclic) bond motifs is 1. The van der Waals surface area contributed by atoms with E-state index >= 15 is 0 Å². The summed E-state index contributed by atoms with van der Waals surface area (Å²) in [7, 11) is 1.36. The van der Waals surface area contributed by atoms with E-state index in [1.54, 1.807) is 18.2 Å². The first-order valence-electron chi connectivity index (χ1n) is 6.03. The first-order chi connectivity index (χ1) is 9.45. The van der Waals surface area contributed by atoms with Crippen molar-refractivity contribution in [3.63, 3.8) is 0 Å². The Bertz CT molecular complexity index is 756. The minimum Gasteiger partial charge on any atom is -0.459 e. The van der Waals surface area contributed by atoms with Gasteiger partial charge in [-0.3, -0.25) is 4.79 Å². The molecular weight excluding hydrogens is 294 g/mol. The van der Waals surface area contributed by atoms with E-state index in [-0.39, 0.29) is 24.4 Å². The van der Waals surface area contributed by atoms with Gasteiger partial charge >= 0.3 is 0 Å². The van der Waals surface area contributed by atoms with Gasteiger partial charge in [0.05, 0.1) is 11.9 Å². The fourth-order valence-corrected chi connectivity index (χ4v) is 1.62. The molecular formula is C15H16ClNO4. The highest BCUT2D eigenvalue weighted by molar-refractivity contribution is 5.85. The summed E-state index contributed by atoms with van der Waals surface area (Å²) in [5, 5.41) is 10.1. The van der Waals surface area contributed by atoms with Gasteiger partial charge in [-0.25, -0.2) is 0 Å². The zero-order valence-corrected chi connectivity index (χ0v) is 12.5. The fraction of sp³-hybridized carbons (Fsp3) is 0.267. The van der Waals surface area contributed by atoms with Crippen LogP contribution < -0.4 is 11.2 Å². The van der Waals surface area contributed by atoms with Crippen molar-refractivity contribution >= 4 is 23.4 Å². The predicted octanol–water partition coefficient (Wildman–Crippen LogP) is 1.38. The van der Waals surface area contributed by atoms with E-state index in [0.29, 0.717) is 22.3 Å². The number of hydrogen-bond acceptors (Lipinski definition) is 5. The minimum absolute atomic E-state index is 0. The summed E-state index contributed by atoms with van der Waals surface area (Å²) in [5.74, 6) is 4.23. The molecule has 6 heteroatoms. The highest BCUT2D eigenvalue weighted by atomic mass is 35.5. The van der Waals surface area contributed by atoms with E-state index < -0.39 is 5.79 Å². The highest BCUT2D eigenvalue weighted by Gasteiger charge is 2.13. The van der Waals surface area contributed by atoms with E-state index in [0.717, 1.165) is 0 Å². The van der Waals surface area contributed by atoms with Gasteiger partial charge in [-0.15, -0.1) is 12.4 Å². The average molecular weight is 310 g/mol. The smallest absolute Gasteiger partial charge is 0.228 e. The maximum atomic E-state index is 11.9. The van der Waals surface area contributed by atoms with Crippen molar-refractivity contribution in [1.29, 1.82) is 0 Å². The number of halogens is 1. The Kier molecular flexibility index (Phi) is 5.53. The van der Waals surface area contributed by atoms with Crippen LogP contribution in [-0.2, 0) is 11.3 Å². The van der Waals surface area contributed by atoms with Crippen LogP contribution >= 0.6 is 12.4 Å². The molecule has 0 saturated heterocycles. The number of rotatable bonds is 2. The first kappa shape index (κ1) is 17.2. The molecule has 1 unspecified atom stereocenters. The lowest BCUT2D eigenvalue weighted by atomic mass is 10.1. The van der Waals surface area contributed by atoms with Crippen LogP contribution in [0.4, 0.5) is 0 Å². The quantitative estimate of drug-likeness (QED) is 0.646. The van der Waals surface area contributed by atoms with Gasteiger partial charge < -0.3 is 20.0 Å². The molecule has 0 aliphatic heterocycles. The molecule has 0 fully saturated rings. The van der Waals surface area contributed by atoms with Crippen molar-refractivity contribution < 1.29 is 14.3 Å². The summed E-state index contributed by atoms with van der Waals surface area (Å²) in [6.45, 7) is 1.60. The Morgan fingerprint density at radius 2 is 2.14 bits per heavy atom. The van der Waals surface area contributed by atoms with Crippen LogP contribution in [0.3, 0.4) is 0 Å². The van der Waals surface area contributed by atoms with Gasteiger partial charge in [0.15, 0.2) is 5.43 Å². The lowest BCUT2D eigenvalue weighted by Gasteiger charge is -2.12. The van der Waals surface area contributed by atoms with Crippen LogP contribution in [0.25, 0.3) is 11.0 Å². The van der Waals surface area contributed by atoms with Crippen LogP contribution in [0.2, 0.25) is 0 Å². The van der Waals surface area contributed by atoms with Gasteiger partial charge in [0.1, 0.15) is 11.3 Å². The van der Waals surface area contributed by atoms with Gasteiger partial charge in [0, 0.05) is 25.7 Å². The molecule has 21 heavy (non-hydrogen) atoms. The maximum absolute atomic E-state index is 11.9. The molecule has 0 aliphatic carbocycles. The van der Waals surface area contributed by atoms with Gasteiger partial charge in [0.25, 0.3) is 0 Å². The molecule has 0 spiro atoms. The van der Waals surface area contributed by atoms with Crippen molar-refractivity contribution in [2.45, 2.75) is 19.3 Å². The molecule has 1 aromatic carbocycles. The van der Waals surface area contributed by atoms with Gasteiger partial charge in [-0.05, 0) is 24.1 Å². The van der Waals surface area contributed by atoms with Gasteiger partial charge in [-0.2, -0.15) is 0 Å². The summed E-state index contributed by atoms with van der Waals surface area (Å²) in [6.07, 6.45) is 0. The zero-order valence-electron chi connectivity index (χ0n) is 11.7. The Hall–Kier alpha value is -1.84. The van der Waals surface area contributed by atoms with Gasteiger partial charge in [0.2, 0.25) is 5.79 Å². The molecule has 1 aromatic heterocycles. The summed E-state index contributed by atoms with van der Waals surface area (Å²) in [5.41, 5.74) is 6.33. The highest BCUT2D eigenvalue weighted by Crippen LogP contribution is 2.14. The molecule has 3 N–H and O–H groups in total. The van der Waals surface area contributed by atoms with Crippen molar-refractivity contribution in [2.24, 2.45) is 5.73 Å². The largest absolute Gasteiger partial charge is 0.459 e. The average Bonchev–Trinajstić information content (AvgIpc) is 2.45. The fourth-order valence-electron chi connectivity index (χ4n) is 1.62. The number of hydrogen-bond donors (Lipinski definition) is 2. The van der Waals surface area contributed by atoms with E-state index in [9.17, 15) is 9.90 Å². The van der Waals surface area contributed by atoms with Crippen molar-refractivity contribution in [3.8, 4) is 11.8 Å². The maximum Gasteiger partial charge on any atom is 0.228 e. The summed E-state index contributed by atoms with van der Waals surface area (Å²) < 4.78 is 10.3. The number of benzene rings is 1. The minimum atomic E-state index is -1.52. The lowest BCUT2D eigenvalue weighted by Crippen LogP contribution is -2.23.